The monoisotopic (exact) mass is 203 g/mol. The number of rotatable bonds is 3. The molecule has 1 fully saturated rings. The van der Waals surface area contributed by atoms with Crippen molar-refractivity contribution >= 4 is 6.21 Å². The van der Waals surface area contributed by atoms with Gasteiger partial charge in [-0.3, -0.25) is 4.99 Å². The molecule has 2 rings (SSSR count). The van der Waals surface area contributed by atoms with Crippen LogP contribution in [0.15, 0.2) is 35.3 Å². The Morgan fingerprint density at radius 1 is 1.27 bits per heavy atom. The predicted molar refractivity (Wildman–Crippen MR) is 62.3 cm³/mol. The first kappa shape index (κ1) is 10.4. The van der Waals surface area contributed by atoms with E-state index in [4.69, 9.17) is 5.11 Å². The van der Waals surface area contributed by atoms with E-state index >= 15 is 0 Å². The summed E-state index contributed by atoms with van der Waals surface area (Å²) in [5, 5.41) is 9.16. The highest BCUT2D eigenvalue weighted by Gasteiger charge is 2.25. The van der Waals surface area contributed by atoms with Gasteiger partial charge in [-0.25, -0.2) is 0 Å². The van der Waals surface area contributed by atoms with Crippen molar-refractivity contribution in [2.24, 2.45) is 10.9 Å². The van der Waals surface area contributed by atoms with Gasteiger partial charge in [0.05, 0.1) is 6.04 Å². The summed E-state index contributed by atoms with van der Waals surface area (Å²) < 4.78 is 0. The Kier molecular flexibility index (Phi) is 3.51. The van der Waals surface area contributed by atoms with Gasteiger partial charge in [0.1, 0.15) is 0 Å². The topological polar surface area (TPSA) is 32.6 Å². The molecule has 0 aromatic heterocycles. The lowest BCUT2D eigenvalue weighted by atomic mass is 10.1. The first-order valence-corrected chi connectivity index (χ1v) is 5.59. The van der Waals surface area contributed by atoms with Gasteiger partial charge >= 0.3 is 0 Å². The molecular formula is C13H17NO. The predicted octanol–water partition coefficient (Wildman–Crippen LogP) is 2.27. The second kappa shape index (κ2) is 5.08. The van der Waals surface area contributed by atoms with Gasteiger partial charge in [0.25, 0.3) is 0 Å². The molecule has 0 heterocycles. The Bertz CT molecular complexity index is 321. The molecule has 1 aliphatic carbocycles. The maximum absolute atomic E-state index is 9.16. The van der Waals surface area contributed by atoms with Crippen molar-refractivity contribution < 1.29 is 5.11 Å². The van der Waals surface area contributed by atoms with Crippen LogP contribution in [0.25, 0.3) is 0 Å². The van der Waals surface area contributed by atoms with E-state index < -0.39 is 0 Å². The Balaban J connectivity index is 1.99. The zero-order chi connectivity index (χ0) is 10.5. The van der Waals surface area contributed by atoms with E-state index in [0.29, 0.717) is 12.0 Å². The average molecular weight is 203 g/mol. The van der Waals surface area contributed by atoms with E-state index in [1.54, 1.807) is 0 Å². The van der Waals surface area contributed by atoms with Gasteiger partial charge < -0.3 is 5.11 Å². The number of nitrogens with zero attached hydrogens (tertiary/aromatic N) is 1. The second-order valence-corrected chi connectivity index (χ2v) is 4.13. The first-order chi connectivity index (χ1) is 7.40. The van der Waals surface area contributed by atoms with Crippen LogP contribution < -0.4 is 0 Å². The highest BCUT2D eigenvalue weighted by Crippen LogP contribution is 2.27. The smallest absolute Gasteiger partial charge is 0.0549 e. The molecular weight excluding hydrogens is 186 g/mol. The van der Waals surface area contributed by atoms with Crippen LogP contribution >= 0.6 is 0 Å². The fraction of sp³-hybridized carbons (Fsp3) is 0.462. The summed E-state index contributed by atoms with van der Waals surface area (Å²) in [4.78, 5) is 4.56. The minimum absolute atomic E-state index is 0.275. The Morgan fingerprint density at radius 3 is 2.80 bits per heavy atom. The molecule has 0 spiro atoms. The van der Waals surface area contributed by atoms with E-state index in [9.17, 15) is 0 Å². The van der Waals surface area contributed by atoms with Gasteiger partial charge in [-0.1, -0.05) is 36.8 Å². The number of aliphatic hydroxyl groups excluding tert-OH is 1. The molecule has 1 saturated carbocycles. The van der Waals surface area contributed by atoms with Crippen LogP contribution in [0.2, 0.25) is 0 Å². The van der Waals surface area contributed by atoms with Crippen LogP contribution in [0.5, 0.6) is 0 Å². The summed E-state index contributed by atoms with van der Waals surface area (Å²) in [5.41, 5.74) is 1.14. The summed E-state index contributed by atoms with van der Waals surface area (Å²) in [6.07, 6.45) is 5.36. The second-order valence-electron chi connectivity index (χ2n) is 4.13. The number of hydrogen-bond donors (Lipinski definition) is 1. The number of hydrogen-bond acceptors (Lipinski definition) is 2. The minimum atomic E-state index is 0.275. The molecule has 0 saturated heterocycles. The third kappa shape index (κ3) is 2.66. The normalized spacial score (nSPS) is 26.2. The van der Waals surface area contributed by atoms with Crippen molar-refractivity contribution in [3.05, 3.63) is 35.9 Å². The lowest BCUT2D eigenvalue weighted by molar-refractivity contribution is 0.219. The fourth-order valence-corrected chi connectivity index (χ4v) is 2.15. The Morgan fingerprint density at radius 2 is 2.07 bits per heavy atom. The molecule has 80 valence electrons. The van der Waals surface area contributed by atoms with Crippen molar-refractivity contribution in [3.63, 3.8) is 0 Å². The van der Waals surface area contributed by atoms with E-state index in [1.165, 1.54) is 6.42 Å². The van der Waals surface area contributed by atoms with E-state index in [1.807, 2.05) is 36.5 Å². The summed E-state index contributed by atoms with van der Waals surface area (Å²) in [6, 6.07) is 10.5. The standard InChI is InChI=1S/C13H17NO/c15-10-12-7-4-8-13(12)14-9-11-5-2-1-3-6-11/h1-3,5-6,9,12-13,15H,4,7-8,10H2. The van der Waals surface area contributed by atoms with Crippen LogP contribution in [0.3, 0.4) is 0 Å². The maximum Gasteiger partial charge on any atom is 0.0549 e. The Labute approximate surface area is 90.7 Å². The van der Waals surface area contributed by atoms with Crippen molar-refractivity contribution in [3.8, 4) is 0 Å². The molecule has 1 aromatic rings. The average Bonchev–Trinajstić information content (AvgIpc) is 2.75. The highest BCUT2D eigenvalue weighted by atomic mass is 16.3. The van der Waals surface area contributed by atoms with Gasteiger partial charge in [0.15, 0.2) is 0 Å². The molecule has 0 radical (unpaired) electrons. The third-order valence-electron chi connectivity index (χ3n) is 3.07. The summed E-state index contributed by atoms with van der Waals surface area (Å²) >= 11 is 0. The summed E-state index contributed by atoms with van der Waals surface area (Å²) in [7, 11) is 0. The molecule has 0 aliphatic heterocycles. The zero-order valence-corrected chi connectivity index (χ0v) is 8.84. The Hall–Kier alpha value is -1.15. The van der Waals surface area contributed by atoms with Crippen molar-refractivity contribution in [1.82, 2.24) is 0 Å². The maximum atomic E-state index is 9.16. The van der Waals surface area contributed by atoms with Crippen LogP contribution in [-0.2, 0) is 0 Å². The summed E-state index contributed by atoms with van der Waals surface area (Å²) in [6.45, 7) is 0.275. The van der Waals surface area contributed by atoms with Crippen molar-refractivity contribution in [1.29, 1.82) is 0 Å². The molecule has 0 amide bonds. The molecule has 1 aromatic carbocycles. The van der Waals surface area contributed by atoms with Gasteiger partial charge in [0.2, 0.25) is 0 Å². The first-order valence-electron chi connectivity index (χ1n) is 5.59. The molecule has 2 nitrogen and oxygen atoms in total. The molecule has 15 heavy (non-hydrogen) atoms. The van der Waals surface area contributed by atoms with Crippen LogP contribution in [-0.4, -0.2) is 24.0 Å². The lowest BCUT2D eigenvalue weighted by Gasteiger charge is -2.11. The molecule has 1 aliphatic rings. The largest absolute Gasteiger partial charge is 0.396 e. The zero-order valence-electron chi connectivity index (χ0n) is 8.84. The fourth-order valence-electron chi connectivity index (χ4n) is 2.15. The minimum Gasteiger partial charge on any atom is -0.396 e. The van der Waals surface area contributed by atoms with E-state index in [-0.39, 0.29) is 6.61 Å². The molecule has 2 atom stereocenters. The third-order valence-corrected chi connectivity index (χ3v) is 3.07. The number of aliphatic hydroxyl groups is 1. The highest BCUT2D eigenvalue weighted by molar-refractivity contribution is 5.79. The quantitative estimate of drug-likeness (QED) is 0.751. The lowest BCUT2D eigenvalue weighted by Crippen LogP contribution is -2.15. The van der Waals surface area contributed by atoms with Gasteiger partial charge in [0, 0.05) is 18.7 Å². The van der Waals surface area contributed by atoms with Gasteiger partial charge in [-0.15, -0.1) is 0 Å². The van der Waals surface area contributed by atoms with E-state index in [0.717, 1.165) is 18.4 Å². The van der Waals surface area contributed by atoms with E-state index in [2.05, 4.69) is 4.99 Å². The van der Waals surface area contributed by atoms with Gasteiger partial charge in [-0.05, 0) is 18.4 Å². The molecule has 0 bridgehead atoms. The molecule has 2 heteroatoms. The van der Waals surface area contributed by atoms with Crippen LogP contribution in [0.1, 0.15) is 24.8 Å². The number of aliphatic imine (C=N–C) groups is 1. The summed E-state index contributed by atoms with van der Waals surface area (Å²) in [5.74, 6) is 0.380. The number of benzene rings is 1. The molecule has 1 N–H and O–H groups in total. The van der Waals surface area contributed by atoms with Crippen molar-refractivity contribution in [2.45, 2.75) is 25.3 Å². The van der Waals surface area contributed by atoms with Gasteiger partial charge in [-0.2, -0.15) is 0 Å². The van der Waals surface area contributed by atoms with Crippen LogP contribution in [0, 0.1) is 5.92 Å². The molecule has 2 unspecified atom stereocenters. The van der Waals surface area contributed by atoms with Crippen LogP contribution in [0.4, 0.5) is 0 Å². The van der Waals surface area contributed by atoms with Crippen molar-refractivity contribution in [2.75, 3.05) is 6.61 Å². The SMILES string of the molecule is OCC1CCCC1N=Cc1ccccc1.